The van der Waals surface area contributed by atoms with Crippen LogP contribution in [0.15, 0.2) is 18.2 Å². The Labute approximate surface area is 142 Å². The molecule has 0 aliphatic carbocycles. The lowest BCUT2D eigenvalue weighted by atomic mass is 10.0. The summed E-state index contributed by atoms with van der Waals surface area (Å²) in [5.41, 5.74) is 3.96. The van der Waals surface area contributed by atoms with Crippen LogP contribution < -0.4 is 9.88 Å². The number of sulfonamides is 1. The number of rotatable bonds is 2. The van der Waals surface area contributed by atoms with Crippen LogP contribution in [-0.2, 0) is 10.0 Å². The van der Waals surface area contributed by atoms with Gasteiger partial charge in [-0.25, -0.2) is 13.4 Å². The number of nitriles is 1. The summed E-state index contributed by atoms with van der Waals surface area (Å²) in [7, 11) is -3.16. The molecule has 2 aromatic rings. The topological polar surface area (TPSA) is 78.5 Å². The number of nitrogens with one attached hydrogen (secondary N) is 1. The molecule has 0 saturated carbocycles. The Morgan fingerprint density at radius 2 is 1.83 bits per heavy atom. The molecule has 3 rings (SSSR count). The van der Waals surface area contributed by atoms with E-state index in [-0.39, 0.29) is 0 Å². The molecule has 0 unspecified atom stereocenters. The van der Waals surface area contributed by atoms with Gasteiger partial charge in [0.15, 0.2) is 0 Å². The van der Waals surface area contributed by atoms with Gasteiger partial charge in [-0.15, -0.1) is 0 Å². The van der Waals surface area contributed by atoms with Crippen LogP contribution in [-0.4, -0.2) is 45.2 Å². The number of aryl methyl sites for hydroxylation is 2. The third-order valence-electron chi connectivity index (χ3n) is 4.71. The van der Waals surface area contributed by atoms with E-state index < -0.39 is 10.0 Å². The highest BCUT2D eigenvalue weighted by atomic mass is 32.2. The van der Waals surface area contributed by atoms with E-state index in [0.717, 1.165) is 22.3 Å². The van der Waals surface area contributed by atoms with E-state index in [4.69, 9.17) is 0 Å². The summed E-state index contributed by atoms with van der Waals surface area (Å²) in [6, 6.07) is 8.22. The van der Waals surface area contributed by atoms with Crippen molar-refractivity contribution in [1.82, 2.24) is 4.31 Å². The first-order chi connectivity index (χ1) is 11.3. The number of aromatic nitrogens is 1. The lowest BCUT2D eigenvalue weighted by Crippen LogP contribution is -2.50. The van der Waals surface area contributed by atoms with Gasteiger partial charge in [-0.05, 0) is 31.0 Å². The molecule has 1 aromatic carbocycles. The Hall–Kier alpha value is -2.17. The first kappa shape index (κ1) is 16.7. The lowest BCUT2D eigenvalue weighted by Gasteiger charge is -2.29. The molecule has 0 spiro atoms. The van der Waals surface area contributed by atoms with E-state index in [9.17, 15) is 13.7 Å². The van der Waals surface area contributed by atoms with E-state index in [1.54, 1.807) is 0 Å². The molecule has 0 amide bonds. The molecule has 24 heavy (non-hydrogen) atoms. The molecule has 7 heteroatoms. The van der Waals surface area contributed by atoms with E-state index >= 15 is 0 Å². The number of benzene rings is 1. The Morgan fingerprint density at radius 1 is 1.17 bits per heavy atom. The molecule has 1 aromatic heterocycles. The summed E-state index contributed by atoms with van der Waals surface area (Å²) in [6.45, 7) is 6.12. The monoisotopic (exact) mass is 345 g/mol. The molecule has 2 heterocycles. The fraction of sp³-hybridized carbons (Fsp3) is 0.412. The number of fused-ring (bicyclic) bond motifs is 1. The van der Waals surface area contributed by atoms with E-state index in [2.05, 4.69) is 35.9 Å². The zero-order chi connectivity index (χ0) is 17.5. The highest BCUT2D eigenvalue weighted by molar-refractivity contribution is 7.88. The molecule has 1 N–H and O–H groups in total. The fourth-order valence-corrected chi connectivity index (χ4v) is 3.94. The predicted octanol–water partition coefficient (Wildman–Crippen LogP) is 1.22. The van der Waals surface area contributed by atoms with E-state index in [1.165, 1.54) is 16.1 Å². The molecular weight excluding hydrogens is 324 g/mol. The van der Waals surface area contributed by atoms with E-state index in [0.29, 0.717) is 31.7 Å². The van der Waals surface area contributed by atoms with Crippen molar-refractivity contribution in [2.45, 2.75) is 13.8 Å². The highest BCUT2D eigenvalue weighted by Crippen LogP contribution is 2.24. The summed E-state index contributed by atoms with van der Waals surface area (Å²) >= 11 is 0. The van der Waals surface area contributed by atoms with Crippen molar-refractivity contribution in [3.8, 4) is 6.07 Å². The van der Waals surface area contributed by atoms with Crippen molar-refractivity contribution in [1.29, 1.82) is 5.26 Å². The van der Waals surface area contributed by atoms with Crippen LogP contribution in [0.3, 0.4) is 0 Å². The molecule has 6 nitrogen and oxygen atoms in total. The molecule has 1 aliphatic heterocycles. The van der Waals surface area contributed by atoms with Gasteiger partial charge in [0.1, 0.15) is 17.1 Å². The third kappa shape index (κ3) is 2.95. The summed E-state index contributed by atoms with van der Waals surface area (Å²) in [5.74, 6) is 0.770. The number of piperazine rings is 1. The van der Waals surface area contributed by atoms with Gasteiger partial charge >= 0.3 is 0 Å². The van der Waals surface area contributed by atoms with Crippen LogP contribution in [0.2, 0.25) is 0 Å². The third-order valence-corrected chi connectivity index (χ3v) is 6.01. The molecule has 1 aliphatic rings. The molecular formula is C17H21N4O2S+. The first-order valence-corrected chi connectivity index (χ1v) is 9.72. The average molecular weight is 345 g/mol. The second-order valence-electron chi connectivity index (χ2n) is 6.26. The zero-order valence-corrected chi connectivity index (χ0v) is 14.9. The predicted molar refractivity (Wildman–Crippen MR) is 93.3 cm³/mol. The smallest absolute Gasteiger partial charge is 0.258 e. The fourth-order valence-electron chi connectivity index (χ4n) is 3.11. The largest absolute Gasteiger partial charge is 0.293 e. The summed E-state index contributed by atoms with van der Waals surface area (Å²) < 4.78 is 24.8. The number of aromatic amines is 1. The number of H-pyrrole nitrogens is 1. The van der Waals surface area contributed by atoms with Gasteiger partial charge in [0.2, 0.25) is 10.0 Å². The Balaban J connectivity index is 2.00. The van der Waals surface area contributed by atoms with Crippen LogP contribution >= 0.6 is 0 Å². The second-order valence-corrected chi connectivity index (χ2v) is 8.25. The highest BCUT2D eigenvalue weighted by Gasteiger charge is 2.30. The SMILES string of the molecule is Cc1ccc2cc(C#N)c(N3CCN(S(C)(=O)=O)CC3)[nH+]c2c1C. The number of anilines is 1. The number of hydrogen-bond donors (Lipinski definition) is 0. The Kier molecular flexibility index (Phi) is 4.20. The van der Waals surface area contributed by atoms with Crippen LogP contribution in [0.1, 0.15) is 16.7 Å². The molecule has 1 saturated heterocycles. The van der Waals surface area contributed by atoms with Crippen LogP contribution in [0.5, 0.6) is 0 Å². The van der Waals surface area contributed by atoms with Crippen molar-refractivity contribution in [2.24, 2.45) is 0 Å². The molecule has 0 atom stereocenters. The molecule has 126 valence electrons. The maximum atomic E-state index is 11.7. The minimum Gasteiger partial charge on any atom is -0.258 e. The first-order valence-electron chi connectivity index (χ1n) is 7.87. The van der Waals surface area contributed by atoms with Crippen molar-refractivity contribution >= 4 is 26.7 Å². The number of hydrogen-bond acceptors (Lipinski definition) is 4. The number of nitrogens with zero attached hydrogens (tertiary/aromatic N) is 3. The maximum Gasteiger partial charge on any atom is 0.293 e. The van der Waals surface area contributed by atoms with Crippen LogP contribution in [0.4, 0.5) is 5.82 Å². The van der Waals surface area contributed by atoms with Gasteiger partial charge in [-0.3, -0.25) is 4.90 Å². The van der Waals surface area contributed by atoms with Gasteiger partial charge in [-0.2, -0.15) is 9.57 Å². The Morgan fingerprint density at radius 3 is 2.42 bits per heavy atom. The summed E-state index contributed by atoms with van der Waals surface area (Å²) in [4.78, 5) is 5.47. The average Bonchev–Trinajstić information content (AvgIpc) is 2.56. The Bertz CT molecular complexity index is 939. The van der Waals surface area contributed by atoms with Crippen molar-refractivity contribution in [3.63, 3.8) is 0 Å². The van der Waals surface area contributed by atoms with Gasteiger partial charge in [0.25, 0.3) is 5.82 Å². The minimum absolute atomic E-state index is 0.433. The van der Waals surface area contributed by atoms with Gasteiger partial charge in [-0.1, -0.05) is 12.1 Å². The van der Waals surface area contributed by atoms with Crippen LogP contribution in [0.25, 0.3) is 10.9 Å². The van der Waals surface area contributed by atoms with Crippen molar-refractivity contribution < 1.29 is 13.4 Å². The number of pyridine rings is 1. The zero-order valence-electron chi connectivity index (χ0n) is 14.1. The van der Waals surface area contributed by atoms with Gasteiger partial charge in [0.05, 0.1) is 32.4 Å². The molecule has 1 fully saturated rings. The second kappa shape index (κ2) is 6.04. The quantitative estimate of drug-likeness (QED) is 0.820. The normalized spacial score (nSPS) is 16.3. The van der Waals surface area contributed by atoms with Crippen molar-refractivity contribution in [2.75, 3.05) is 37.3 Å². The maximum absolute atomic E-state index is 11.7. The molecule has 0 bridgehead atoms. The van der Waals surface area contributed by atoms with Gasteiger partial charge < -0.3 is 0 Å². The summed E-state index contributed by atoms with van der Waals surface area (Å²) in [5, 5.41) is 10.5. The summed E-state index contributed by atoms with van der Waals surface area (Å²) in [6.07, 6.45) is 1.23. The van der Waals surface area contributed by atoms with E-state index in [1.807, 2.05) is 12.1 Å². The lowest BCUT2D eigenvalue weighted by molar-refractivity contribution is -0.331. The molecule has 0 radical (unpaired) electrons. The minimum atomic E-state index is -3.16. The van der Waals surface area contributed by atoms with Crippen molar-refractivity contribution in [3.05, 3.63) is 34.9 Å². The standard InChI is InChI=1S/C17H20N4O2S/c1-12-4-5-14-10-15(11-18)17(19-16(14)13(12)2)20-6-8-21(9-7-20)24(3,22)23/h4-5,10H,6-9H2,1-3H3/p+1. The van der Waals surface area contributed by atoms with Crippen LogP contribution in [0, 0.1) is 25.2 Å². The van der Waals surface area contributed by atoms with Gasteiger partial charge in [0, 0.05) is 5.39 Å².